The van der Waals surface area contributed by atoms with Crippen LogP contribution in [0.1, 0.15) is 30.2 Å². The average Bonchev–Trinajstić information content (AvgIpc) is 2.42. The van der Waals surface area contributed by atoms with Gasteiger partial charge in [-0.05, 0) is 50.5 Å². The van der Waals surface area contributed by atoms with Crippen molar-refractivity contribution in [3.63, 3.8) is 0 Å². The van der Waals surface area contributed by atoms with Gasteiger partial charge in [-0.3, -0.25) is 4.98 Å². The zero-order valence-electron chi connectivity index (χ0n) is 12.0. The fourth-order valence-corrected chi connectivity index (χ4v) is 1.90. The number of hydrogen-bond donors (Lipinski definition) is 1. The highest BCUT2D eigenvalue weighted by Gasteiger charge is 2.11. The molecule has 0 saturated carbocycles. The van der Waals surface area contributed by atoms with E-state index in [0.29, 0.717) is 0 Å². The van der Waals surface area contributed by atoms with E-state index in [1.54, 1.807) is 0 Å². The molecule has 0 atom stereocenters. The lowest BCUT2D eigenvalue weighted by Crippen LogP contribution is -2.07. The molecule has 0 aromatic carbocycles. The highest BCUT2D eigenvalue weighted by Crippen LogP contribution is 2.25. The van der Waals surface area contributed by atoms with Gasteiger partial charge in [0.05, 0.1) is 5.69 Å². The number of pyridine rings is 1. The summed E-state index contributed by atoms with van der Waals surface area (Å²) in [7, 11) is 0. The van der Waals surface area contributed by atoms with E-state index >= 15 is 0 Å². The first kappa shape index (κ1) is 13.5. The van der Waals surface area contributed by atoms with Gasteiger partial charge in [0, 0.05) is 24.0 Å². The average molecular weight is 256 g/mol. The van der Waals surface area contributed by atoms with Gasteiger partial charge in [-0.25, -0.2) is 0 Å². The number of nitrogens with one attached hydrogen (secondary N) is 1. The number of rotatable bonds is 4. The Labute approximate surface area is 114 Å². The largest absolute Gasteiger partial charge is 0.368 e. The number of aryl methyl sites for hydroxylation is 1. The molecule has 100 valence electrons. The Kier molecular flexibility index (Phi) is 4.10. The quantitative estimate of drug-likeness (QED) is 0.912. The molecule has 0 aliphatic carbocycles. The van der Waals surface area contributed by atoms with Crippen LogP contribution in [-0.4, -0.2) is 21.7 Å². The van der Waals surface area contributed by atoms with E-state index in [1.807, 2.05) is 25.3 Å². The predicted molar refractivity (Wildman–Crippen MR) is 78.3 cm³/mol. The molecule has 2 aromatic heterocycles. The molecule has 0 spiro atoms. The van der Waals surface area contributed by atoms with Crippen molar-refractivity contribution in [2.24, 2.45) is 0 Å². The highest BCUT2D eigenvalue weighted by atomic mass is 15.2. The predicted octanol–water partition coefficient (Wildman–Crippen LogP) is 3.29. The van der Waals surface area contributed by atoms with Gasteiger partial charge in [0.25, 0.3) is 0 Å². The van der Waals surface area contributed by atoms with Crippen LogP contribution in [0, 0.1) is 20.8 Å². The van der Waals surface area contributed by atoms with Crippen LogP contribution in [0.15, 0.2) is 18.3 Å². The van der Waals surface area contributed by atoms with Crippen molar-refractivity contribution in [1.82, 2.24) is 15.2 Å². The Hall–Kier alpha value is -1.97. The molecule has 2 aromatic rings. The number of hydrogen-bond acceptors (Lipinski definition) is 4. The summed E-state index contributed by atoms with van der Waals surface area (Å²) in [6.07, 6.45) is 2.93. The van der Waals surface area contributed by atoms with E-state index < -0.39 is 0 Å². The van der Waals surface area contributed by atoms with Gasteiger partial charge < -0.3 is 5.32 Å². The Morgan fingerprint density at radius 3 is 2.47 bits per heavy atom. The van der Waals surface area contributed by atoms with E-state index in [2.05, 4.69) is 41.3 Å². The molecule has 0 unspecified atom stereocenters. The van der Waals surface area contributed by atoms with Crippen LogP contribution in [-0.2, 0) is 0 Å². The first-order chi connectivity index (χ1) is 9.13. The van der Waals surface area contributed by atoms with Crippen molar-refractivity contribution in [2.75, 3.05) is 11.9 Å². The van der Waals surface area contributed by atoms with E-state index in [-0.39, 0.29) is 0 Å². The third kappa shape index (κ3) is 2.89. The lowest BCUT2D eigenvalue weighted by atomic mass is 10.0. The third-order valence-electron chi connectivity index (χ3n) is 3.25. The lowest BCUT2D eigenvalue weighted by molar-refractivity contribution is 0.932. The fraction of sp³-hybridized carbons (Fsp3) is 0.400. The van der Waals surface area contributed by atoms with Gasteiger partial charge in [0.15, 0.2) is 5.82 Å². The normalized spacial score (nSPS) is 10.5. The van der Waals surface area contributed by atoms with E-state index in [0.717, 1.165) is 46.9 Å². The molecule has 2 rings (SSSR count). The Morgan fingerprint density at radius 2 is 1.84 bits per heavy atom. The van der Waals surface area contributed by atoms with Crippen molar-refractivity contribution >= 4 is 5.82 Å². The van der Waals surface area contributed by atoms with Crippen LogP contribution in [0.2, 0.25) is 0 Å². The second-order valence-corrected chi connectivity index (χ2v) is 4.76. The maximum absolute atomic E-state index is 4.34. The number of anilines is 1. The van der Waals surface area contributed by atoms with E-state index in [1.165, 1.54) is 0 Å². The molecular formula is C15H20N4. The van der Waals surface area contributed by atoms with Gasteiger partial charge in [0.2, 0.25) is 0 Å². The van der Waals surface area contributed by atoms with Crippen LogP contribution in [0.3, 0.4) is 0 Å². The van der Waals surface area contributed by atoms with E-state index in [4.69, 9.17) is 0 Å². The van der Waals surface area contributed by atoms with Crippen LogP contribution >= 0.6 is 0 Å². The molecule has 0 radical (unpaired) electrons. The summed E-state index contributed by atoms with van der Waals surface area (Å²) >= 11 is 0. The van der Waals surface area contributed by atoms with Gasteiger partial charge in [-0.1, -0.05) is 6.92 Å². The summed E-state index contributed by atoms with van der Waals surface area (Å²) in [6.45, 7) is 9.18. The van der Waals surface area contributed by atoms with Crippen molar-refractivity contribution in [2.45, 2.75) is 34.1 Å². The molecule has 0 fully saturated rings. The standard InChI is InChI=1S/C15H20N4/c1-5-8-16-15-12(4)11(3)14(18-19-15)13-7-6-10(2)17-9-13/h6-7,9H,5,8H2,1-4H3,(H,16,19). The summed E-state index contributed by atoms with van der Waals surface area (Å²) in [5.41, 5.74) is 5.23. The molecule has 0 amide bonds. The minimum Gasteiger partial charge on any atom is -0.368 e. The summed E-state index contributed by atoms with van der Waals surface area (Å²) in [5.74, 6) is 0.878. The topological polar surface area (TPSA) is 50.7 Å². The van der Waals surface area contributed by atoms with Gasteiger partial charge >= 0.3 is 0 Å². The van der Waals surface area contributed by atoms with Gasteiger partial charge in [0.1, 0.15) is 0 Å². The molecule has 4 nitrogen and oxygen atoms in total. The second-order valence-electron chi connectivity index (χ2n) is 4.76. The second kappa shape index (κ2) is 5.78. The molecule has 1 N–H and O–H groups in total. The van der Waals surface area contributed by atoms with Crippen LogP contribution < -0.4 is 5.32 Å². The molecule has 0 aliphatic heterocycles. The molecule has 0 saturated heterocycles. The first-order valence-electron chi connectivity index (χ1n) is 6.64. The molecule has 2 heterocycles. The molecular weight excluding hydrogens is 236 g/mol. The molecule has 4 heteroatoms. The minimum atomic E-state index is 0.878. The molecule has 19 heavy (non-hydrogen) atoms. The SMILES string of the molecule is CCCNc1nnc(-c2ccc(C)nc2)c(C)c1C. The van der Waals surface area contributed by atoms with Crippen molar-refractivity contribution in [1.29, 1.82) is 0 Å². The lowest BCUT2D eigenvalue weighted by Gasteiger charge is -2.12. The number of nitrogens with zero attached hydrogens (tertiary/aromatic N) is 3. The zero-order chi connectivity index (χ0) is 13.8. The van der Waals surface area contributed by atoms with Crippen LogP contribution in [0.4, 0.5) is 5.82 Å². The highest BCUT2D eigenvalue weighted by molar-refractivity contribution is 5.65. The molecule has 0 bridgehead atoms. The smallest absolute Gasteiger partial charge is 0.151 e. The number of aromatic nitrogens is 3. The Morgan fingerprint density at radius 1 is 1.05 bits per heavy atom. The Balaban J connectivity index is 2.38. The minimum absolute atomic E-state index is 0.878. The van der Waals surface area contributed by atoms with Gasteiger partial charge in [-0.2, -0.15) is 0 Å². The molecule has 0 aliphatic rings. The summed E-state index contributed by atoms with van der Waals surface area (Å²) in [4.78, 5) is 4.31. The maximum atomic E-state index is 4.34. The first-order valence-corrected chi connectivity index (χ1v) is 6.64. The van der Waals surface area contributed by atoms with Crippen molar-refractivity contribution in [3.05, 3.63) is 35.2 Å². The summed E-state index contributed by atoms with van der Waals surface area (Å²) < 4.78 is 0. The van der Waals surface area contributed by atoms with Crippen LogP contribution in [0.5, 0.6) is 0 Å². The van der Waals surface area contributed by atoms with Crippen LogP contribution in [0.25, 0.3) is 11.3 Å². The summed E-state index contributed by atoms with van der Waals surface area (Å²) in [6, 6.07) is 4.03. The summed E-state index contributed by atoms with van der Waals surface area (Å²) in [5, 5.41) is 11.9. The van der Waals surface area contributed by atoms with Crippen molar-refractivity contribution < 1.29 is 0 Å². The maximum Gasteiger partial charge on any atom is 0.151 e. The third-order valence-corrected chi connectivity index (χ3v) is 3.25. The van der Waals surface area contributed by atoms with E-state index in [9.17, 15) is 0 Å². The van der Waals surface area contributed by atoms with Crippen molar-refractivity contribution in [3.8, 4) is 11.3 Å². The Bertz CT molecular complexity index is 561. The fourth-order valence-electron chi connectivity index (χ4n) is 1.90. The zero-order valence-corrected chi connectivity index (χ0v) is 12.0. The monoisotopic (exact) mass is 256 g/mol. The van der Waals surface area contributed by atoms with Gasteiger partial charge in [-0.15, -0.1) is 10.2 Å².